The number of aryl methyl sites for hydroxylation is 1. The van der Waals surface area contributed by atoms with E-state index in [1.54, 1.807) is 24.1 Å². The van der Waals surface area contributed by atoms with E-state index in [1.807, 2.05) is 55.5 Å². The van der Waals surface area contributed by atoms with Crippen LogP contribution in [0.15, 0.2) is 71.3 Å². The van der Waals surface area contributed by atoms with Crippen LogP contribution < -0.4 is 10.1 Å². The summed E-state index contributed by atoms with van der Waals surface area (Å²) < 4.78 is 11.0. The van der Waals surface area contributed by atoms with E-state index in [-0.39, 0.29) is 30.2 Å². The molecule has 0 aliphatic heterocycles. The Kier molecular flexibility index (Phi) is 7.13. The summed E-state index contributed by atoms with van der Waals surface area (Å²) in [6, 6.07) is 17.9. The number of ether oxygens (including phenoxy) is 1. The van der Waals surface area contributed by atoms with Gasteiger partial charge in [0.05, 0.1) is 19.9 Å². The quantitative estimate of drug-likeness (QED) is 0.526. The topological polar surface area (TPSA) is 71.8 Å². The van der Waals surface area contributed by atoms with Crippen molar-refractivity contribution in [2.75, 3.05) is 7.11 Å². The van der Waals surface area contributed by atoms with Crippen LogP contribution >= 0.6 is 0 Å². The molecule has 1 aliphatic carbocycles. The maximum absolute atomic E-state index is 13.7. The van der Waals surface area contributed by atoms with Crippen molar-refractivity contribution in [1.82, 2.24) is 10.2 Å². The highest BCUT2D eigenvalue weighted by atomic mass is 16.5. The van der Waals surface area contributed by atoms with Crippen LogP contribution in [-0.4, -0.2) is 29.9 Å². The number of benzene rings is 2. The third-order valence-corrected chi connectivity index (χ3v) is 6.18. The van der Waals surface area contributed by atoms with E-state index in [1.165, 1.54) is 6.26 Å². The molecule has 0 bridgehead atoms. The lowest BCUT2D eigenvalue weighted by Crippen LogP contribution is -2.45. The van der Waals surface area contributed by atoms with Crippen LogP contribution in [0.25, 0.3) is 0 Å². The van der Waals surface area contributed by atoms with Crippen molar-refractivity contribution in [1.29, 1.82) is 0 Å². The molecule has 3 aromatic rings. The standard InChI is InChI=1S/C27H30N2O4/c1-19-13-15-20(16-14-19)25(26(30)28-22-9-4-5-10-22)29(27(31)24-12-7-17-33-24)18-21-8-3-6-11-23(21)32-2/h3,6-8,11-17,22,25H,4-5,9-10,18H2,1-2H3,(H,28,30)/t25-/m1/s1. The van der Waals surface area contributed by atoms with E-state index in [0.29, 0.717) is 5.75 Å². The maximum atomic E-state index is 13.7. The third kappa shape index (κ3) is 5.28. The molecule has 1 atom stereocenters. The number of hydrogen-bond donors (Lipinski definition) is 1. The molecular formula is C27H30N2O4. The minimum absolute atomic E-state index is 0.136. The smallest absolute Gasteiger partial charge is 0.290 e. The van der Waals surface area contributed by atoms with Crippen LogP contribution in [0.3, 0.4) is 0 Å². The van der Waals surface area contributed by atoms with Gasteiger partial charge in [0.2, 0.25) is 5.91 Å². The summed E-state index contributed by atoms with van der Waals surface area (Å²) in [6.45, 7) is 2.19. The first-order chi connectivity index (χ1) is 16.1. The zero-order valence-electron chi connectivity index (χ0n) is 19.1. The summed E-state index contributed by atoms with van der Waals surface area (Å²) in [7, 11) is 1.60. The molecule has 0 unspecified atom stereocenters. The van der Waals surface area contributed by atoms with Crippen molar-refractivity contribution in [3.8, 4) is 5.75 Å². The lowest BCUT2D eigenvalue weighted by molar-refractivity contribution is -0.126. The summed E-state index contributed by atoms with van der Waals surface area (Å²) in [5.41, 5.74) is 2.65. The summed E-state index contributed by atoms with van der Waals surface area (Å²) in [6.07, 6.45) is 5.61. The molecule has 1 aliphatic rings. The highest BCUT2D eigenvalue weighted by Crippen LogP contribution is 2.30. The molecule has 2 amide bonds. The number of methoxy groups -OCH3 is 1. The molecule has 6 heteroatoms. The third-order valence-electron chi connectivity index (χ3n) is 6.18. The van der Waals surface area contributed by atoms with Gasteiger partial charge in [0.25, 0.3) is 5.91 Å². The second-order valence-corrected chi connectivity index (χ2v) is 8.53. The molecule has 0 saturated heterocycles. The lowest BCUT2D eigenvalue weighted by Gasteiger charge is -2.32. The van der Waals surface area contributed by atoms with Gasteiger partial charge in [0.1, 0.15) is 11.8 Å². The second kappa shape index (κ2) is 10.4. The summed E-state index contributed by atoms with van der Waals surface area (Å²) in [5, 5.41) is 3.19. The Bertz CT molecular complexity index is 1070. The molecule has 2 aromatic carbocycles. The Balaban J connectivity index is 1.76. The molecule has 4 rings (SSSR count). The van der Waals surface area contributed by atoms with Gasteiger partial charge >= 0.3 is 0 Å². The zero-order valence-corrected chi connectivity index (χ0v) is 19.1. The minimum atomic E-state index is -0.811. The van der Waals surface area contributed by atoms with Gasteiger partial charge in [-0.1, -0.05) is 60.9 Å². The maximum Gasteiger partial charge on any atom is 0.290 e. The number of carbonyl (C=O) groups is 2. The predicted octanol–water partition coefficient (Wildman–Crippen LogP) is 5.04. The molecule has 0 radical (unpaired) electrons. The van der Waals surface area contributed by atoms with Crippen LogP contribution in [0.1, 0.15) is 59.0 Å². The van der Waals surface area contributed by atoms with Gasteiger partial charge in [-0.15, -0.1) is 0 Å². The van der Waals surface area contributed by atoms with Gasteiger partial charge in [-0.3, -0.25) is 9.59 Å². The summed E-state index contributed by atoms with van der Waals surface area (Å²) in [4.78, 5) is 28.9. The number of nitrogens with one attached hydrogen (secondary N) is 1. The Morgan fingerprint density at radius 3 is 2.45 bits per heavy atom. The van der Waals surface area contributed by atoms with E-state index in [4.69, 9.17) is 9.15 Å². The Morgan fingerprint density at radius 2 is 1.79 bits per heavy atom. The van der Waals surface area contributed by atoms with E-state index in [2.05, 4.69) is 5.32 Å². The second-order valence-electron chi connectivity index (χ2n) is 8.53. The Hall–Kier alpha value is -3.54. The highest BCUT2D eigenvalue weighted by Gasteiger charge is 2.35. The van der Waals surface area contributed by atoms with E-state index >= 15 is 0 Å². The number of rotatable bonds is 8. The number of para-hydroxylation sites is 1. The molecule has 6 nitrogen and oxygen atoms in total. The lowest BCUT2D eigenvalue weighted by atomic mass is 10.0. The van der Waals surface area contributed by atoms with Crippen molar-refractivity contribution in [3.05, 3.63) is 89.4 Å². The molecule has 1 fully saturated rings. The fourth-order valence-corrected chi connectivity index (χ4v) is 4.41. The average Bonchev–Trinajstić information content (AvgIpc) is 3.54. The van der Waals surface area contributed by atoms with Crippen LogP contribution in [0, 0.1) is 6.92 Å². The van der Waals surface area contributed by atoms with E-state index < -0.39 is 6.04 Å². The molecule has 172 valence electrons. The Morgan fingerprint density at radius 1 is 1.06 bits per heavy atom. The monoisotopic (exact) mass is 446 g/mol. The van der Waals surface area contributed by atoms with Gasteiger partial charge < -0.3 is 19.4 Å². The molecular weight excluding hydrogens is 416 g/mol. The average molecular weight is 447 g/mol. The molecule has 1 heterocycles. The van der Waals surface area contributed by atoms with Crippen molar-refractivity contribution in [2.24, 2.45) is 0 Å². The molecule has 0 spiro atoms. The normalized spacial score (nSPS) is 14.6. The molecule has 1 saturated carbocycles. The van der Waals surface area contributed by atoms with Crippen LogP contribution in [0.2, 0.25) is 0 Å². The van der Waals surface area contributed by atoms with Gasteiger partial charge in [-0.05, 0) is 43.5 Å². The van der Waals surface area contributed by atoms with Crippen LogP contribution in [0.5, 0.6) is 5.75 Å². The predicted molar refractivity (Wildman–Crippen MR) is 126 cm³/mol. The van der Waals surface area contributed by atoms with Crippen LogP contribution in [0.4, 0.5) is 0 Å². The van der Waals surface area contributed by atoms with Crippen molar-refractivity contribution in [2.45, 2.75) is 51.2 Å². The fraction of sp³-hybridized carbons (Fsp3) is 0.333. The van der Waals surface area contributed by atoms with E-state index in [0.717, 1.165) is 42.4 Å². The fourth-order valence-electron chi connectivity index (χ4n) is 4.41. The number of carbonyl (C=O) groups excluding carboxylic acids is 2. The van der Waals surface area contributed by atoms with Gasteiger partial charge in [0, 0.05) is 11.6 Å². The van der Waals surface area contributed by atoms with Crippen molar-refractivity contribution >= 4 is 11.8 Å². The largest absolute Gasteiger partial charge is 0.496 e. The number of amides is 2. The van der Waals surface area contributed by atoms with Crippen molar-refractivity contribution in [3.63, 3.8) is 0 Å². The number of nitrogens with zero attached hydrogens (tertiary/aromatic N) is 1. The Labute approximate surface area is 194 Å². The molecule has 1 N–H and O–H groups in total. The summed E-state index contributed by atoms with van der Waals surface area (Å²) in [5.74, 6) is 0.322. The van der Waals surface area contributed by atoms with Gasteiger partial charge in [-0.2, -0.15) is 0 Å². The van der Waals surface area contributed by atoms with Crippen LogP contribution in [-0.2, 0) is 11.3 Å². The highest BCUT2D eigenvalue weighted by molar-refractivity contribution is 5.96. The first-order valence-electron chi connectivity index (χ1n) is 11.4. The molecule has 1 aromatic heterocycles. The SMILES string of the molecule is COc1ccccc1CN(C(=O)c1ccco1)[C@@H](C(=O)NC1CCCC1)c1ccc(C)cc1. The van der Waals surface area contributed by atoms with Gasteiger partial charge in [-0.25, -0.2) is 0 Å². The van der Waals surface area contributed by atoms with E-state index in [9.17, 15) is 9.59 Å². The minimum Gasteiger partial charge on any atom is -0.496 e. The molecule has 33 heavy (non-hydrogen) atoms. The summed E-state index contributed by atoms with van der Waals surface area (Å²) >= 11 is 0. The van der Waals surface area contributed by atoms with Gasteiger partial charge in [0.15, 0.2) is 5.76 Å². The first kappa shape index (κ1) is 22.6. The number of hydrogen-bond acceptors (Lipinski definition) is 4. The zero-order chi connectivity index (χ0) is 23.2. The number of furan rings is 1. The first-order valence-corrected chi connectivity index (χ1v) is 11.4. The van der Waals surface area contributed by atoms with Crippen molar-refractivity contribution < 1.29 is 18.7 Å².